The number of hydrogen-bond acceptors (Lipinski definition) is 11. The zero-order valence-electron chi connectivity index (χ0n) is 25.0. The van der Waals surface area contributed by atoms with Gasteiger partial charge in [0, 0.05) is 6.61 Å². The van der Waals surface area contributed by atoms with Gasteiger partial charge in [0.1, 0.15) is 48.8 Å². The van der Waals surface area contributed by atoms with E-state index in [-0.39, 0.29) is 0 Å². The lowest BCUT2D eigenvalue weighted by atomic mass is 9.97. The first-order valence-corrected chi connectivity index (χ1v) is 16.1. The molecule has 0 aromatic heterocycles. The van der Waals surface area contributed by atoms with Crippen LogP contribution in [0.5, 0.6) is 0 Å². The summed E-state index contributed by atoms with van der Waals surface area (Å²) in [7, 11) is 0. The van der Waals surface area contributed by atoms with Crippen LogP contribution in [0.3, 0.4) is 0 Å². The van der Waals surface area contributed by atoms with Gasteiger partial charge in [0.05, 0.1) is 13.2 Å². The molecule has 0 spiro atoms. The molecule has 2 heterocycles. The first-order valence-electron chi connectivity index (χ1n) is 16.1. The fourth-order valence-corrected chi connectivity index (χ4v) is 5.54. The van der Waals surface area contributed by atoms with Crippen LogP contribution in [-0.2, 0) is 18.9 Å². The molecule has 244 valence electrons. The summed E-state index contributed by atoms with van der Waals surface area (Å²) in [5.74, 6) is 0. The number of rotatable bonds is 22. The highest BCUT2D eigenvalue weighted by Crippen LogP contribution is 2.29. The fourth-order valence-electron chi connectivity index (χ4n) is 5.54. The van der Waals surface area contributed by atoms with Crippen LogP contribution < -0.4 is 0 Å². The Bertz CT molecular complexity index is 638. The van der Waals surface area contributed by atoms with E-state index in [1.54, 1.807) is 0 Å². The first-order chi connectivity index (χ1) is 19.8. The van der Waals surface area contributed by atoms with Crippen molar-refractivity contribution in [1.82, 2.24) is 0 Å². The summed E-state index contributed by atoms with van der Waals surface area (Å²) in [6, 6.07) is 0. The Morgan fingerprint density at radius 3 is 1.41 bits per heavy atom. The molecular formula is C30H58O11. The maximum absolute atomic E-state index is 10.7. The second-order valence-electron chi connectivity index (χ2n) is 11.7. The van der Waals surface area contributed by atoms with Crippen LogP contribution in [0, 0.1) is 0 Å². The van der Waals surface area contributed by atoms with Gasteiger partial charge < -0.3 is 54.7 Å². The lowest BCUT2D eigenvalue weighted by Crippen LogP contribution is -2.64. The van der Waals surface area contributed by atoms with Crippen LogP contribution in [0.25, 0.3) is 0 Å². The monoisotopic (exact) mass is 594 g/mol. The molecule has 2 aliphatic heterocycles. The van der Waals surface area contributed by atoms with Gasteiger partial charge in [-0.15, -0.1) is 0 Å². The average Bonchev–Trinajstić information content (AvgIpc) is 2.98. The predicted octanol–water partition coefficient (Wildman–Crippen LogP) is 1.89. The van der Waals surface area contributed by atoms with E-state index in [0.717, 1.165) is 19.3 Å². The van der Waals surface area contributed by atoms with Crippen LogP contribution >= 0.6 is 0 Å². The third kappa shape index (κ3) is 12.6. The number of aliphatic hydroxyl groups is 7. The maximum Gasteiger partial charge on any atom is 0.187 e. The van der Waals surface area contributed by atoms with E-state index in [4.69, 9.17) is 18.9 Å². The molecule has 2 aliphatic rings. The van der Waals surface area contributed by atoms with E-state index in [0.29, 0.717) is 6.61 Å². The van der Waals surface area contributed by atoms with E-state index in [2.05, 4.69) is 6.92 Å². The first kappa shape index (κ1) is 36.8. The number of ether oxygens (including phenoxy) is 4. The average molecular weight is 595 g/mol. The maximum atomic E-state index is 10.7. The summed E-state index contributed by atoms with van der Waals surface area (Å²) < 4.78 is 22.2. The third-order valence-corrected chi connectivity index (χ3v) is 8.24. The van der Waals surface area contributed by atoms with Crippen molar-refractivity contribution in [3.05, 3.63) is 0 Å². The Hall–Kier alpha value is -0.440. The van der Waals surface area contributed by atoms with Crippen molar-refractivity contribution in [3.63, 3.8) is 0 Å². The molecule has 0 aromatic rings. The van der Waals surface area contributed by atoms with Gasteiger partial charge in [-0.3, -0.25) is 0 Å². The number of aliphatic hydroxyl groups excluding tert-OH is 7. The minimum Gasteiger partial charge on any atom is -0.394 e. The minimum atomic E-state index is -1.69. The molecule has 11 heteroatoms. The van der Waals surface area contributed by atoms with Crippen LogP contribution in [0.15, 0.2) is 0 Å². The van der Waals surface area contributed by atoms with E-state index in [1.165, 1.54) is 83.5 Å². The Kier molecular flexibility index (Phi) is 19.1. The van der Waals surface area contributed by atoms with Crippen molar-refractivity contribution >= 4 is 0 Å². The summed E-state index contributed by atoms with van der Waals surface area (Å²) in [6.07, 6.45) is 5.82. The van der Waals surface area contributed by atoms with Gasteiger partial charge in [-0.2, -0.15) is 0 Å². The highest BCUT2D eigenvalue weighted by atomic mass is 16.7. The molecule has 2 rings (SSSR count). The Morgan fingerprint density at radius 1 is 0.488 bits per heavy atom. The molecule has 2 fully saturated rings. The zero-order chi connectivity index (χ0) is 30.0. The lowest BCUT2D eigenvalue weighted by molar-refractivity contribution is -0.359. The van der Waals surface area contributed by atoms with Gasteiger partial charge in [0.2, 0.25) is 0 Å². The molecule has 10 atom stereocenters. The van der Waals surface area contributed by atoms with Crippen LogP contribution in [-0.4, -0.2) is 117 Å². The lowest BCUT2D eigenvalue weighted by Gasteiger charge is -2.45. The predicted molar refractivity (Wildman–Crippen MR) is 152 cm³/mol. The largest absolute Gasteiger partial charge is 0.394 e. The van der Waals surface area contributed by atoms with Crippen molar-refractivity contribution in [1.29, 1.82) is 0 Å². The SMILES string of the molecule is CCCCCCCCCCCCCCCCCCO[C@H]1O[C@H](CO)[C@@H](O[C@H]2O[C@H](CO)[C@H](O)[C@H](O)[C@H]2O)[C@H](O)[C@H]1O. The standard InChI is InChI=1S/C30H58O11/c1-2-3-4-5-6-7-8-9-10-11-12-13-14-15-16-17-18-38-29-27(37)25(35)28(22(20-32)40-29)41-30-26(36)24(34)23(33)21(19-31)39-30/h21-37H,2-20H2,1H3/t21-,22-,23+,24+,25-,26-,27-,28-,29+,30-/m1/s1. The van der Waals surface area contributed by atoms with Crippen molar-refractivity contribution in [2.75, 3.05) is 19.8 Å². The van der Waals surface area contributed by atoms with Crippen LogP contribution in [0.2, 0.25) is 0 Å². The smallest absolute Gasteiger partial charge is 0.187 e. The van der Waals surface area contributed by atoms with Crippen molar-refractivity contribution in [2.45, 2.75) is 171 Å². The van der Waals surface area contributed by atoms with Gasteiger partial charge in [-0.05, 0) is 6.42 Å². The highest BCUT2D eigenvalue weighted by Gasteiger charge is 2.50. The van der Waals surface area contributed by atoms with Crippen LogP contribution in [0.1, 0.15) is 110 Å². The Morgan fingerprint density at radius 2 is 0.927 bits per heavy atom. The molecule has 0 amide bonds. The molecule has 0 aliphatic carbocycles. The summed E-state index contributed by atoms with van der Waals surface area (Å²) in [5.41, 5.74) is 0. The van der Waals surface area contributed by atoms with E-state index < -0.39 is 74.6 Å². The zero-order valence-corrected chi connectivity index (χ0v) is 25.0. The quantitative estimate of drug-likeness (QED) is 0.0910. The molecule has 0 aromatic carbocycles. The van der Waals surface area contributed by atoms with Gasteiger partial charge in [0.25, 0.3) is 0 Å². The van der Waals surface area contributed by atoms with Crippen molar-refractivity contribution < 1.29 is 54.7 Å². The second-order valence-corrected chi connectivity index (χ2v) is 11.7. The van der Waals surface area contributed by atoms with Crippen molar-refractivity contribution in [3.8, 4) is 0 Å². The Labute approximate surface area is 245 Å². The fraction of sp³-hybridized carbons (Fsp3) is 1.00. The van der Waals surface area contributed by atoms with E-state index in [1.807, 2.05) is 0 Å². The molecule has 11 nitrogen and oxygen atoms in total. The third-order valence-electron chi connectivity index (χ3n) is 8.24. The Balaban J connectivity index is 1.56. The topological polar surface area (TPSA) is 179 Å². The molecular weight excluding hydrogens is 536 g/mol. The summed E-state index contributed by atoms with van der Waals surface area (Å²) in [6.45, 7) is 1.35. The summed E-state index contributed by atoms with van der Waals surface area (Å²) in [4.78, 5) is 0. The molecule has 0 saturated carbocycles. The number of hydrogen-bond donors (Lipinski definition) is 7. The normalized spacial score (nSPS) is 34.2. The summed E-state index contributed by atoms with van der Waals surface area (Å²) in [5, 5.41) is 70.5. The molecule has 7 N–H and O–H groups in total. The van der Waals surface area contributed by atoms with E-state index >= 15 is 0 Å². The molecule has 41 heavy (non-hydrogen) atoms. The molecule has 0 bridgehead atoms. The number of unbranched alkanes of at least 4 members (excludes halogenated alkanes) is 15. The second kappa shape index (κ2) is 21.3. The summed E-state index contributed by atoms with van der Waals surface area (Å²) >= 11 is 0. The van der Waals surface area contributed by atoms with Gasteiger partial charge in [0.15, 0.2) is 12.6 Å². The van der Waals surface area contributed by atoms with Gasteiger partial charge >= 0.3 is 0 Å². The highest BCUT2D eigenvalue weighted by molar-refractivity contribution is 4.94. The molecule has 0 unspecified atom stereocenters. The van der Waals surface area contributed by atoms with Crippen molar-refractivity contribution in [2.24, 2.45) is 0 Å². The van der Waals surface area contributed by atoms with Gasteiger partial charge in [-0.1, -0.05) is 103 Å². The molecule has 0 radical (unpaired) electrons. The van der Waals surface area contributed by atoms with E-state index in [9.17, 15) is 35.7 Å². The molecule has 2 saturated heterocycles. The van der Waals surface area contributed by atoms with Crippen LogP contribution in [0.4, 0.5) is 0 Å². The minimum absolute atomic E-state index is 0.323. The van der Waals surface area contributed by atoms with Gasteiger partial charge in [-0.25, -0.2) is 0 Å².